The summed E-state index contributed by atoms with van der Waals surface area (Å²) in [5, 5.41) is 2.74. The number of carbonyl (C=O) groups is 1. The molecule has 0 aliphatic rings. The molecule has 2 N–H and O–H groups in total. The van der Waals surface area contributed by atoms with Crippen LogP contribution in [0.2, 0.25) is 5.02 Å². The van der Waals surface area contributed by atoms with Gasteiger partial charge in [0.05, 0.1) is 11.1 Å². The Morgan fingerprint density at radius 3 is 2.50 bits per heavy atom. The predicted octanol–water partition coefficient (Wildman–Crippen LogP) is 1.32. The second-order valence-electron chi connectivity index (χ2n) is 5.39. The summed E-state index contributed by atoms with van der Waals surface area (Å²) < 4.78 is 26.5. The predicted molar refractivity (Wildman–Crippen MR) is 76.9 cm³/mol. The average molecular weight is 320 g/mol. The molecule has 1 aromatic rings. The molecule has 0 bridgehead atoms. The van der Waals surface area contributed by atoms with E-state index in [0.29, 0.717) is 0 Å². The number of nitrogens with zero attached hydrogens (tertiary/aromatic N) is 1. The minimum atomic E-state index is -3.90. The van der Waals surface area contributed by atoms with Crippen molar-refractivity contribution in [2.45, 2.75) is 44.2 Å². The van der Waals surface area contributed by atoms with Crippen LogP contribution in [0, 0.1) is 0 Å². The maximum absolute atomic E-state index is 12.1. The summed E-state index contributed by atoms with van der Waals surface area (Å²) in [4.78, 5) is 15.4. The Balaban J connectivity index is 2.87. The first kappa shape index (κ1) is 16.9. The fourth-order valence-electron chi connectivity index (χ4n) is 1.39. The summed E-state index contributed by atoms with van der Waals surface area (Å²) >= 11 is 5.82. The molecular formula is C12H18ClN3O3S. The summed E-state index contributed by atoms with van der Waals surface area (Å²) in [6.45, 7) is 6.89. The molecule has 1 amide bonds. The standard InChI is InChI=1S/C12H18ClN3O3S/c1-8(11(17)15-12(2,3)4)16-20(18,19)10-7-14-6-5-9(10)13/h5-8,16H,1-4H3,(H,15,17). The molecule has 1 atom stereocenters. The lowest BCUT2D eigenvalue weighted by molar-refractivity contribution is -0.123. The molecular weight excluding hydrogens is 302 g/mol. The van der Waals surface area contributed by atoms with E-state index < -0.39 is 27.5 Å². The molecule has 6 nitrogen and oxygen atoms in total. The van der Waals surface area contributed by atoms with Gasteiger partial charge in [-0.05, 0) is 33.8 Å². The number of sulfonamides is 1. The summed E-state index contributed by atoms with van der Waals surface area (Å²) in [5.74, 6) is -0.416. The van der Waals surface area contributed by atoms with E-state index in [2.05, 4.69) is 15.0 Å². The van der Waals surface area contributed by atoms with Crippen LogP contribution >= 0.6 is 11.6 Å². The van der Waals surface area contributed by atoms with Crippen LogP contribution in [0.5, 0.6) is 0 Å². The Kier molecular flexibility index (Phi) is 5.12. The van der Waals surface area contributed by atoms with E-state index in [1.165, 1.54) is 19.2 Å². The van der Waals surface area contributed by atoms with Crippen LogP contribution in [0.25, 0.3) is 0 Å². The van der Waals surface area contributed by atoms with Gasteiger partial charge in [0.1, 0.15) is 4.90 Å². The van der Waals surface area contributed by atoms with Gasteiger partial charge in [0.25, 0.3) is 0 Å². The number of carbonyl (C=O) groups excluding carboxylic acids is 1. The van der Waals surface area contributed by atoms with Crippen LogP contribution in [0.4, 0.5) is 0 Å². The zero-order chi connectivity index (χ0) is 15.6. The van der Waals surface area contributed by atoms with E-state index >= 15 is 0 Å². The molecule has 1 unspecified atom stereocenters. The molecule has 112 valence electrons. The molecule has 0 spiro atoms. The van der Waals surface area contributed by atoms with Crippen LogP contribution in [0.15, 0.2) is 23.4 Å². The molecule has 0 aliphatic heterocycles. The number of amides is 1. The van der Waals surface area contributed by atoms with Crippen LogP contribution in [0.3, 0.4) is 0 Å². The monoisotopic (exact) mass is 319 g/mol. The first-order valence-electron chi connectivity index (χ1n) is 5.97. The van der Waals surface area contributed by atoms with Crippen molar-refractivity contribution in [2.24, 2.45) is 0 Å². The highest BCUT2D eigenvalue weighted by Gasteiger charge is 2.26. The van der Waals surface area contributed by atoms with Gasteiger partial charge in [0.2, 0.25) is 15.9 Å². The minimum Gasteiger partial charge on any atom is -0.350 e. The molecule has 0 saturated carbocycles. The van der Waals surface area contributed by atoms with Crippen molar-refractivity contribution in [1.82, 2.24) is 15.0 Å². The largest absolute Gasteiger partial charge is 0.350 e. The Bertz CT molecular complexity index is 596. The van der Waals surface area contributed by atoms with Gasteiger partial charge in [-0.25, -0.2) is 8.42 Å². The first-order chi connectivity index (χ1) is 9.03. The van der Waals surface area contributed by atoms with Gasteiger partial charge in [-0.1, -0.05) is 11.6 Å². The maximum Gasteiger partial charge on any atom is 0.244 e. The van der Waals surface area contributed by atoms with Crippen molar-refractivity contribution < 1.29 is 13.2 Å². The van der Waals surface area contributed by atoms with Crippen molar-refractivity contribution in [3.63, 3.8) is 0 Å². The molecule has 1 rings (SSSR count). The van der Waals surface area contributed by atoms with Gasteiger partial charge < -0.3 is 5.32 Å². The van der Waals surface area contributed by atoms with E-state index in [-0.39, 0.29) is 9.92 Å². The smallest absolute Gasteiger partial charge is 0.244 e. The van der Waals surface area contributed by atoms with Gasteiger partial charge in [-0.3, -0.25) is 9.78 Å². The zero-order valence-electron chi connectivity index (χ0n) is 11.8. The van der Waals surface area contributed by atoms with E-state index in [1.807, 2.05) is 20.8 Å². The Morgan fingerprint density at radius 2 is 2.00 bits per heavy atom. The second-order valence-corrected chi connectivity index (χ2v) is 7.48. The zero-order valence-corrected chi connectivity index (χ0v) is 13.3. The number of halogens is 1. The molecule has 8 heteroatoms. The summed E-state index contributed by atoms with van der Waals surface area (Å²) in [6.07, 6.45) is 2.52. The fraction of sp³-hybridized carbons (Fsp3) is 0.500. The van der Waals surface area contributed by atoms with Crippen molar-refractivity contribution in [2.75, 3.05) is 0 Å². The highest BCUT2D eigenvalue weighted by Crippen LogP contribution is 2.19. The number of hydrogen-bond acceptors (Lipinski definition) is 4. The van der Waals surface area contributed by atoms with Gasteiger partial charge in [-0.15, -0.1) is 0 Å². The lowest BCUT2D eigenvalue weighted by Crippen LogP contribution is -2.50. The molecule has 1 aromatic heterocycles. The SMILES string of the molecule is CC(NS(=O)(=O)c1cnccc1Cl)C(=O)NC(C)(C)C. The van der Waals surface area contributed by atoms with Crippen LogP contribution in [-0.4, -0.2) is 30.9 Å². The van der Waals surface area contributed by atoms with Gasteiger partial charge in [-0.2, -0.15) is 4.72 Å². The quantitative estimate of drug-likeness (QED) is 0.876. The van der Waals surface area contributed by atoms with Gasteiger partial charge in [0, 0.05) is 17.9 Å². The lowest BCUT2D eigenvalue weighted by Gasteiger charge is -2.23. The molecule has 1 heterocycles. The fourth-order valence-corrected chi connectivity index (χ4v) is 3.02. The van der Waals surface area contributed by atoms with Gasteiger partial charge >= 0.3 is 0 Å². The van der Waals surface area contributed by atoms with E-state index in [0.717, 1.165) is 6.20 Å². The highest BCUT2D eigenvalue weighted by molar-refractivity contribution is 7.89. The Morgan fingerprint density at radius 1 is 1.40 bits per heavy atom. The molecule has 0 aliphatic carbocycles. The van der Waals surface area contributed by atoms with E-state index in [1.54, 1.807) is 0 Å². The number of hydrogen-bond donors (Lipinski definition) is 2. The molecule has 0 radical (unpaired) electrons. The van der Waals surface area contributed by atoms with Crippen molar-refractivity contribution in [3.8, 4) is 0 Å². The summed E-state index contributed by atoms with van der Waals surface area (Å²) in [5.41, 5.74) is -0.442. The van der Waals surface area contributed by atoms with E-state index in [4.69, 9.17) is 11.6 Å². The third-order valence-electron chi connectivity index (χ3n) is 2.25. The molecule has 0 saturated heterocycles. The second kappa shape index (κ2) is 6.07. The lowest BCUT2D eigenvalue weighted by atomic mass is 10.1. The van der Waals surface area contributed by atoms with Gasteiger partial charge in [0.15, 0.2) is 0 Å². The highest BCUT2D eigenvalue weighted by atomic mass is 35.5. The Labute approximate surface area is 124 Å². The van der Waals surface area contributed by atoms with E-state index in [9.17, 15) is 13.2 Å². The summed E-state index contributed by atoms with van der Waals surface area (Å²) in [7, 11) is -3.90. The first-order valence-corrected chi connectivity index (χ1v) is 7.83. The number of rotatable bonds is 4. The Hall–Kier alpha value is -1.18. The number of nitrogens with one attached hydrogen (secondary N) is 2. The minimum absolute atomic E-state index is 0.0518. The normalized spacial score (nSPS) is 13.8. The van der Waals surface area contributed by atoms with Crippen LogP contribution in [-0.2, 0) is 14.8 Å². The molecule has 0 fully saturated rings. The van der Waals surface area contributed by atoms with Crippen molar-refractivity contribution in [3.05, 3.63) is 23.5 Å². The molecule has 20 heavy (non-hydrogen) atoms. The van der Waals surface area contributed by atoms with Crippen LogP contribution in [0.1, 0.15) is 27.7 Å². The maximum atomic E-state index is 12.1. The van der Waals surface area contributed by atoms with Crippen LogP contribution < -0.4 is 10.0 Å². The van der Waals surface area contributed by atoms with Crippen molar-refractivity contribution in [1.29, 1.82) is 0 Å². The number of aromatic nitrogens is 1. The molecule has 0 aromatic carbocycles. The summed E-state index contributed by atoms with van der Waals surface area (Å²) in [6, 6.07) is 0.450. The third kappa shape index (κ3) is 4.73. The topological polar surface area (TPSA) is 88.2 Å². The number of pyridine rings is 1. The third-order valence-corrected chi connectivity index (χ3v) is 4.26. The van der Waals surface area contributed by atoms with Crippen molar-refractivity contribution >= 4 is 27.5 Å². The average Bonchev–Trinajstić information content (AvgIpc) is 2.26.